The monoisotopic (exact) mass is 504 g/mol. The molecule has 0 bridgehead atoms. The van der Waals surface area contributed by atoms with E-state index in [0.29, 0.717) is 23.9 Å². The number of hydrogen-bond acceptors (Lipinski definition) is 6. The van der Waals surface area contributed by atoms with Crippen LogP contribution in [0.25, 0.3) is 10.9 Å². The number of anilines is 1. The van der Waals surface area contributed by atoms with Crippen molar-refractivity contribution < 1.29 is 21.9 Å². The minimum atomic E-state index is -4.09. The molecule has 0 amide bonds. The lowest BCUT2D eigenvalue weighted by molar-refractivity contribution is -0.128. The highest BCUT2D eigenvalue weighted by Crippen LogP contribution is 2.43. The first-order valence-corrected chi connectivity index (χ1v) is 12.9. The number of nitrogens with zero attached hydrogens (tertiary/aromatic N) is 2. The second-order valence-corrected chi connectivity index (χ2v) is 10.7. The molecule has 1 fully saturated rings. The summed E-state index contributed by atoms with van der Waals surface area (Å²) in [4.78, 5) is 6.51. The first kappa shape index (κ1) is 25.3. The Kier molecular flexibility index (Phi) is 7.25. The number of methoxy groups -OCH3 is 1. The predicted octanol–water partition coefficient (Wildman–Crippen LogP) is 4.28. The highest BCUT2D eigenvalue weighted by molar-refractivity contribution is 7.89. The van der Waals surface area contributed by atoms with E-state index < -0.39 is 21.9 Å². The molecule has 10 heteroatoms. The summed E-state index contributed by atoms with van der Waals surface area (Å²) in [5.41, 5.74) is 1.61. The first-order chi connectivity index (χ1) is 16.6. The Balaban J connectivity index is 1.63. The number of ether oxygens (including phenoxy) is 1. The lowest BCUT2D eigenvalue weighted by atomic mass is 9.81. The van der Waals surface area contributed by atoms with Crippen LogP contribution in [0.5, 0.6) is 5.75 Å². The standard InChI is InChI=1S/C25H30F2N4O3S/c1-31(2)22(18-8-6-9-20(13-18)34-3)16-28-24-23(14-17-7-4-5-10-21(17)30-24)35(32,33)29-15-19-11-12-25(19,26)27/h4-10,13-14,19,22,29H,11-12,15-16H2,1-3H3,(H,28,30). The fraction of sp³-hybridized carbons (Fsp3) is 0.400. The molecule has 0 aliphatic heterocycles. The third kappa shape index (κ3) is 5.55. The van der Waals surface area contributed by atoms with E-state index in [1.54, 1.807) is 25.3 Å². The number of halogens is 2. The molecule has 2 N–H and O–H groups in total. The van der Waals surface area contributed by atoms with Crippen LogP contribution in [-0.4, -0.2) is 58.5 Å². The van der Waals surface area contributed by atoms with Gasteiger partial charge in [0.05, 0.1) is 18.7 Å². The molecule has 1 aromatic heterocycles. The van der Waals surface area contributed by atoms with Crippen LogP contribution in [0.3, 0.4) is 0 Å². The maximum absolute atomic E-state index is 13.7. The normalized spacial score (nSPS) is 18.3. The number of pyridine rings is 1. The van der Waals surface area contributed by atoms with Crippen LogP contribution in [0, 0.1) is 5.92 Å². The summed E-state index contributed by atoms with van der Waals surface area (Å²) in [5.74, 6) is -2.93. The Bertz CT molecular complexity index is 1300. The van der Waals surface area contributed by atoms with Crippen molar-refractivity contribution in [3.8, 4) is 5.75 Å². The maximum Gasteiger partial charge on any atom is 0.252 e. The number of likely N-dealkylation sites (N-methyl/N-ethyl adjacent to an activating group) is 1. The van der Waals surface area contributed by atoms with Gasteiger partial charge in [0.15, 0.2) is 0 Å². The molecule has 2 unspecified atom stereocenters. The fourth-order valence-electron chi connectivity index (χ4n) is 4.17. The van der Waals surface area contributed by atoms with E-state index in [0.717, 1.165) is 11.3 Å². The molecule has 1 saturated carbocycles. The fourth-order valence-corrected chi connectivity index (χ4v) is 5.41. The van der Waals surface area contributed by atoms with E-state index in [4.69, 9.17) is 4.74 Å². The van der Waals surface area contributed by atoms with Gasteiger partial charge in [-0.05, 0) is 50.3 Å². The largest absolute Gasteiger partial charge is 0.497 e. The summed E-state index contributed by atoms with van der Waals surface area (Å²) in [5, 5.41) is 3.84. The van der Waals surface area contributed by atoms with Gasteiger partial charge in [0, 0.05) is 30.8 Å². The van der Waals surface area contributed by atoms with Crippen molar-refractivity contribution >= 4 is 26.7 Å². The van der Waals surface area contributed by atoms with Gasteiger partial charge in [-0.25, -0.2) is 26.9 Å². The van der Waals surface area contributed by atoms with Gasteiger partial charge >= 0.3 is 0 Å². The number of hydrogen-bond donors (Lipinski definition) is 2. The van der Waals surface area contributed by atoms with Crippen molar-refractivity contribution in [3.05, 3.63) is 60.2 Å². The molecule has 1 aliphatic rings. The Morgan fingerprint density at radius 2 is 1.94 bits per heavy atom. The van der Waals surface area contributed by atoms with Gasteiger partial charge in [-0.2, -0.15) is 0 Å². The van der Waals surface area contributed by atoms with Gasteiger partial charge in [-0.1, -0.05) is 30.3 Å². The van der Waals surface area contributed by atoms with Crippen LogP contribution < -0.4 is 14.8 Å². The predicted molar refractivity (Wildman–Crippen MR) is 133 cm³/mol. The van der Waals surface area contributed by atoms with Crippen molar-refractivity contribution in [2.24, 2.45) is 5.92 Å². The number of alkyl halides is 2. The second-order valence-electron chi connectivity index (χ2n) is 9.01. The molecule has 1 heterocycles. The zero-order chi connectivity index (χ0) is 25.2. The topological polar surface area (TPSA) is 83.6 Å². The summed E-state index contributed by atoms with van der Waals surface area (Å²) in [7, 11) is 1.37. The molecule has 188 valence electrons. The molecule has 7 nitrogen and oxygen atoms in total. The van der Waals surface area contributed by atoms with Gasteiger partial charge in [0.1, 0.15) is 16.5 Å². The van der Waals surface area contributed by atoms with Crippen molar-refractivity contribution in [1.29, 1.82) is 0 Å². The van der Waals surface area contributed by atoms with Crippen molar-refractivity contribution in [1.82, 2.24) is 14.6 Å². The van der Waals surface area contributed by atoms with Crippen LogP contribution in [0.4, 0.5) is 14.6 Å². The molecule has 1 aliphatic carbocycles. The summed E-state index contributed by atoms with van der Waals surface area (Å²) in [6.45, 7) is 0.0421. The molecule has 0 saturated heterocycles. The summed E-state index contributed by atoms with van der Waals surface area (Å²) >= 11 is 0. The Morgan fingerprint density at radius 1 is 1.17 bits per heavy atom. The van der Waals surface area contributed by atoms with Gasteiger partial charge in [0.2, 0.25) is 10.0 Å². The van der Waals surface area contributed by atoms with Gasteiger partial charge in [-0.15, -0.1) is 0 Å². The van der Waals surface area contributed by atoms with E-state index in [1.807, 2.05) is 49.3 Å². The number of rotatable bonds is 10. The molecule has 3 aromatic rings. The van der Waals surface area contributed by atoms with E-state index in [2.05, 4.69) is 15.0 Å². The number of fused-ring (bicyclic) bond motifs is 1. The molecule has 2 atom stereocenters. The summed E-state index contributed by atoms with van der Waals surface area (Å²) < 4.78 is 61.6. The minimum Gasteiger partial charge on any atom is -0.497 e. The zero-order valence-electron chi connectivity index (χ0n) is 20.0. The van der Waals surface area contributed by atoms with E-state index in [9.17, 15) is 17.2 Å². The summed E-state index contributed by atoms with van der Waals surface area (Å²) in [6.07, 6.45) is 0.0849. The number of sulfonamides is 1. The van der Waals surface area contributed by atoms with Crippen molar-refractivity contribution in [3.63, 3.8) is 0 Å². The maximum atomic E-state index is 13.7. The molecule has 35 heavy (non-hydrogen) atoms. The quantitative estimate of drug-likeness (QED) is 0.429. The number of para-hydroxylation sites is 1. The van der Waals surface area contributed by atoms with Crippen LogP contribution in [0.1, 0.15) is 24.4 Å². The first-order valence-electron chi connectivity index (χ1n) is 11.4. The van der Waals surface area contributed by atoms with E-state index in [-0.39, 0.29) is 29.7 Å². The average molecular weight is 505 g/mol. The van der Waals surface area contributed by atoms with Crippen LogP contribution >= 0.6 is 0 Å². The van der Waals surface area contributed by atoms with Gasteiger partial charge in [0.25, 0.3) is 5.92 Å². The van der Waals surface area contributed by atoms with Crippen molar-refractivity contribution in [2.45, 2.75) is 29.7 Å². The Hall–Kier alpha value is -2.82. The highest BCUT2D eigenvalue weighted by Gasteiger charge is 2.48. The van der Waals surface area contributed by atoms with Gasteiger partial charge < -0.3 is 15.0 Å². The molecule has 4 rings (SSSR count). The Labute approximate surface area is 204 Å². The van der Waals surface area contributed by atoms with Crippen molar-refractivity contribution in [2.75, 3.05) is 39.6 Å². The molecular formula is C25H30F2N4O3S. The average Bonchev–Trinajstić information content (AvgIpc) is 2.83. The molecule has 2 aromatic carbocycles. The van der Waals surface area contributed by atoms with E-state index >= 15 is 0 Å². The number of nitrogens with one attached hydrogen (secondary N) is 2. The zero-order valence-corrected chi connectivity index (χ0v) is 20.8. The lowest BCUT2D eigenvalue weighted by Gasteiger charge is -2.36. The molecule has 0 spiro atoms. The molecular weight excluding hydrogens is 474 g/mol. The van der Waals surface area contributed by atoms with Crippen LogP contribution in [-0.2, 0) is 10.0 Å². The highest BCUT2D eigenvalue weighted by atomic mass is 32.2. The SMILES string of the molecule is COc1cccc(C(CNc2nc3ccccc3cc2S(=O)(=O)NCC2CCC2(F)F)N(C)C)c1. The van der Waals surface area contributed by atoms with E-state index in [1.165, 1.54) is 6.07 Å². The van der Waals surface area contributed by atoms with Crippen LogP contribution in [0.15, 0.2) is 59.5 Å². The number of benzene rings is 2. The number of aromatic nitrogens is 1. The third-order valence-electron chi connectivity index (χ3n) is 6.49. The summed E-state index contributed by atoms with van der Waals surface area (Å²) in [6, 6.07) is 16.3. The Morgan fingerprint density at radius 3 is 2.60 bits per heavy atom. The smallest absolute Gasteiger partial charge is 0.252 e. The minimum absolute atomic E-state index is 0.0676. The van der Waals surface area contributed by atoms with Crippen LogP contribution in [0.2, 0.25) is 0 Å². The van der Waals surface area contributed by atoms with Gasteiger partial charge in [-0.3, -0.25) is 0 Å². The second kappa shape index (κ2) is 10.0. The lowest BCUT2D eigenvalue weighted by Crippen LogP contribution is -2.46. The third-order valence-corrected chi connectivity index (χ3v) is 7.92. The molecule has 0 radical (unpaired) electrons.